The molecule has 0 aromatic heterocycles. The van der Waals surface area contributed by atoms with Gasteiger partial charge in [0.05, 0.1) is 10.6 Å². The fraction of sp³-hybridized carbons (Fsp3) is 0.125. The van der Waals surface area contributed by atoms with Crippen molar-refractivity contribution in [2.75, 3.05) is 5.32 Å². The standard InChI is InChI=1S/C16H14N4O2S/c21-20(22)13-8-6-12(7-9-13)17-16(23)19-18-15-10-5-11-3-1-2-4-14(11)15/h1-4,6-9H,5,10H2,(H2,17,19,23)/b18-15-. The van der Waals surface area contributed by atoms with Gasteiger partial charge in [0.25, 0.3) is 5.69 Å². The highest BCUT2D eigenvalue weighted by atomic mass is 32.1. The van der Waals surface area contributed by atoms with Crippen LogP contribution >= 0.6 is 12.2 Å². The van der Waals surface area contributed by atoms with Crippen LogP contribution in [0.2, 0.25) is 0 Å². The van der Waals surface area contributed by atoms with Crippen LogP contribution < -0.4 is 10.7 Å². The normalized spacial score (nSPS) is 14.3. The van der Waals surface area contributed by atoms with Crippen molar-refractivity contribution in [3.8, 4) is 0 Å². The third-order valence-electron chi connectivity index (χ3n) is 3.59. The summed E-state index contributed by atoms with van der Waals surface area (Å²) >= 11 is 5.19. The minimum Gasteiger partial charge on any atom is -0.331 e. The summed E-state index contributed by atoms with van der Waals surface area (Å²) in [6.07, 6.45) is 1.87. The van der Waals surface area contributed by atoms with Gasteiger partial charge in [-0.1, -0.05) is 24.3 Å². The first-order chi connectivity index (χ1) is 11.1. The maximum atomic E-state index is 10.6. The summed E-state index contributed by atoms with van der Waals surface area (Å²) in [6.45, 7) is 0. The molecule has 23 heavy (non-hydrogen) atoms. The monoisotopic (exact) mass is 326 g/mol. The molecule has 6 nitrogen and oxygen atoms in total. The van der Waals surface area contributed by atoms with Crippen LogP contribution in [-0.4, -0.2) is 15.7 Å². The highest BCUT2D eigenvalue weighted by Gasteiger charge is 2.16. The van der Waals surface area contributed by atoms with E-state index in [0.29, 0.717) is 10.8 Å². The van der Waals surface area contributed by atoms with Gasteiger partial charge in [0.1, 0.15) is 0 Å². The van der Waals surface area contributed by atoms with Gasteiger partial charge in [-0.25, -0.2) is 0 Å². The third-order valence-corrected chi connectivity index (χ3v) is 3.78. The van der Waals surface area contributed by atoms with Crippen molar-refractivity contribution in [3.63, 3.8) is 0 Å². The van der Waals surface area contributed by atoms with E-state index in [2.05, 4.69) is 28.0 Å². The first-order valence-electron chi connectivity index (χ1n) is 7.10. The largest absolute Gasteiger partial charge is 0.331 e. The summed E-state index contributed by atoms with van der Waals surface area (Å²) in [4.78, 5) is 10.2. The number of nitro benzene ring substituents is 1. The van der Waals surface area contributed by atoms with Crippen LogP contribution in [0, 0.1) is 10.1 Å². The molecule has 0 atom stereocenters. The minimum atomic E-state index is -0.441. The predicted octanol–water partition coefficient (Wildman–Crippen LogP) is 3.23. The molecule has 0 spiro atoms. The van der Waals surface area contributed by atoms with E-state index in [0.717, 1.165) is 24.1 Å². The van der Waals surface area contributed by atoms with Crippen LogP contribution in [0.25, 0.3) is 0 Å². The molecule has 116 valence electrons. The molecule has 0 saturated carbocycles. The lowest BCUT2D eigenvalue weighted by molar-refractivity contribution is -0.384. The number of aryl methyl sites for hydroxylation is 1. The number of nitrogens with zero attached hydrogens (tertiary/aromatic N) is 2. The zero-order valence-corrected chi connectivity index (χ0v) is 13.0. The summed E-state index contributed by atoms with van der Waals surface area (Å²) in [5.41, 5.74) is 6.96. The van der Waals surface area contributed by atoms with Gasteiger partial charge in [-0.05, 0) is 42.8 Å². The van der Waals surface area contributed by atoms with Crippen molar-refractivity contribution < 1.29 is 4.92 Å². The van der Waals surface area contributed by atoms with Gasteiger partial charge in [0, 0.05) is 23.4 Å². The van der Waals surface area contributed by atoms with Gasteiger partial charge < -0.3 is 5.32 Å². The Hall–Kier alpha value is -2.80. The van der Waals surface area contributed by atoms with Crippen molar-refractivity contribution >= 4 is 34.4 Å². The van der Waals surface area contributed by atoms with Crippen LogP contribution in [0.5, 0.6) is 0 Å². The van der Waals surface area contributed by atoms with Crippen LogP contribution in [0.15, 0.2) is 53.6 Å². The lowest BCUT2D eigenvalue weighted by Crippen LogP contribution is -2.25. The van der Waals surface area contributed by atoms with Crippen molar-refractivity contribution in [1.82, 2.24) is 5.43 Å². The Labute approximate surface area is 138 Å². The molecule has 0 amide bonds. The second-order valence-electron chi connectivity index (χ2n) is 5.09. The summed E-state index contributed by atoms with van der Waals surface area (Å²) in [5, 5.41) is 18.3. The van der Waals surface area contributed by atoms with E-state index < -0.39 is 4.92 Å². The molecule has 0 aliphatic heterocycles. The smallest absolute Gasteiger partial charge is 0.269 e. The number of anilines is 1. The number of non-ortho nitro benzene ring substituents is 1. The van der Waals surface area contributed by atoms with E-state index in [-0.39, 0.29) is 5.69 Å². The molecule has 7 heteroatoms. The molecule has 1 aliphatic carbocycles. The van der Waals surface area contributed by atoms with Crippen LogP contribution in [-0.2, 0) is 6.42 Å². The van der Waals surface area contributed by atoms with Crippen LogP contribution in [0.3, 0.4) is 0 Å². The Morgan fingerprint density at radius 1 is 1.13 bits per heavy atom. The molecule has 0 bridgehead atoms. The number of hydrogen-bond donors (Lipinski definition) is 2. The van der Waals surface area contributed by atoms with Crippen LogP contribution in [0.4, 0.5) is 11.4 Å². The van der Waals surface area contributed by atoms with E-state index in [1.54, 1.807) is 12.1 Å². The number of thiocarbonyl (C=S) groups is 1. The Balaban J connectivity index is 1.62. The first kappa shape index (κ1) is 15.1. The molecule has 0 unspecified atom stereocenters. The second-order valence-corrected chi connectivity index (χ2v) is 5.49. The summed E-state index contributed by atoms with van der Waals surface area (Å²) in [7, 11) is 0. The van der Waals surface area contributed by atoms with Crippen molar-refractivity contribution in [2.45, 2.75) is 12.8 Å². The molecular formula is C16H14N4O2S. The number of fused-ring (bicyclic) bond motifs is 1. The summed E-state index contributed by atoms with van der Waals surface area (Å²) < 4.78 is 0. The lowest BCUT2D eigenvalue weighted by atomic mass is 10.1. The van der Waals surface area contributed by atoms with Crippen molar-refractivity contribution in [1.29, 1.82) is 0 Å². The second kappa shape index (κ2) is 6.53. The number of hydrogen-bond acceptors (Lipinski definition) is 4. The highest BCUT2D eigenvalue weighted by molar-refractivity contribution is 7.80. The number of rotatable bonds is 3. The topological polar surface area (TPSA) is 79.6 Å². The molecule has 0 heterocycles. The molecule has 0 fully saturated rings. The molecule has 2 N–H and O–H groups in total. The number of nitro groups is 1. The average molecular weight is 326 g/mol. The minimum absolute atomic E-state index is 0.0391. The Bertz CT molecular complexity index is 787. The molecule has 3 rings (SSSR count). The van der Waals surface area contributed by atoms with Gasteiger partial charge in [0.15, 0.2) is 5.11 Å². The average Bonchev–Trinajstić information content (AvgIpc) is 2.97. The highest BCUT2D eigenvalue weighted by Crippen LogP contribution is 2.21. The molecule has 2 aromatic carbocycles. The Morgan fingerprint density at radius 3 is 2.61 bits per heavy atom. The molecule has 0 radical (unpaired) electrons. The van der Waals surface area contributed by atoms with E-state index in [4.69, 9.17) is 12.2 Å². The van der Waals surface area contributed by atoms with Crippen molar-refractivity contribution in [2.24, 2.45) is 5.10 Å². The number of nitrogens with one attached hydrogen (secondary N) is 2. The molecular weight excluding hydrogens is 312 g/mol. The van der Waals surface area contributed by atoms with Crippen LogP contribution in [0.1, 0.15) is 17.5 Å². The predicted molar refractivity (Wildman–Crippen MR) is 93.8 cm³/mol. The summed E-state index contributed by atoms with van der Waals surface area (Å²) in [5.74, 6) is 0. The zero-order chi connectivity index (χ0) is 16.2. The van der Waals surface area contributed by atoms with E-state index in [9.17, 15) is 10.1 Å². The van der Waals surface area contributed by atoms with E-state index >= 15 is 0 Å². The van der Waals surface area contributed by atoms with Gasteiger partial charge in [-0.3, -0.25) is 15.5 Å². The lowest BCUT2D eigenvalue weighted by Gasteiger charge is -2.07. The van der Waals surface area contributed by atoms with E-state index in [1.807, 2.05) is 12.1 Å². The molecule has 2 aromatic rings. The molecule has 1 aliphatic rings. The maximum Gasteiger partial charge on any atom is 0.269 e. The third kappa shape index (κ3) is 3.51. The Morgan fingerprint density at radius 2 is 1.87 bits per heavy atom. The summed E-state index contributed by atoms with van der Waals surface area (Å²) in [6, 6.07) is 14.2. The van der Waals surface area contributed by atoms with Gasteiger partial charge >= 0.3 is 0 Å². The van der Waals surface area contributed by atoms with Crippen molar-refractivity contribution in [3.05, 3.63) is 69.8 Å². The van der Waals surface area contributed by atoms with E-state index in [1.165, 1.54) is 17.7 Å². The Kier molecular flexibility index (Phi) is 4.29. The fourth-order valence-corrected chi connectivity index (χ4v) is 2.63. The fourth-order valence-electron chi connectivity index (χ4n) is 2.47. The SMILES string of the molecule is O=[N+]([O-])c1ccc(NC(=S)N/N=C2/CCc3ccccc32)cc1. The number of benzene rings is 2. The van der Waals surface area contributed by atoms with Gasteiger partial charge in [0.2, 0.25) is 0 Å². The number of hydrazone groups is 1. The quantitative estimate of drug-likeness (QED) is 0.514. The first-order valence-corrected chi connectivity index (χ1v) is 7.50. The maximum absolute atomic E-state index is 10.6. The van der Waals surface area contributed by atoms with Gasteiger partial charge in [-0.2, -0.15) is 5.10 Å². The molecule has 0 saturated heterocycles. The zero-order valence-electron chi connectivity index (χ0n) is 12.2. The van der Waals surface area contributed by atoms with Gasteiger partial charge in [-0.15, -0.1) is 0 Å².